The first kappa shape index (κ1) is 20.6. The van der Waals surface area contributed by atoms with Crippen molar-refractivity contribution in [2.45, 2.75) is 49.8 Å². The molecule has 0 aliphatic heterocycles. The van der Waals surface area contributed by atoms with Gasteiger partial charge in [-0.2, -0.15) is 0 Å². The van der Waals surface area contributed by atoms with Crippen LogP contribution in [0, 0.1) is 11.8 Å². The van der Waals surface area contributed by atoms with Crippen LogP contribution in [0.5, 0.6) is 0 Å². The van der Waals surface area contributed by atoms with Gasteiger partial charge in [-0.3, -0.25) is 9.78 Å². The summed E-state index contributed by atoms with van der Waals surface area (Å²) in [6.07, 6.45) is 5.74. The molecule has 0 spiro atoms. The standard InChI is InChI=1S/C23H26N2O4S/c1-15-9-16(2)11-20(10-15)30(27,28)19-5-3-17(4-6-19)13-25-23(26)21-12-18-7-8-24-14-22(18)29-21/h3-8,12,14-16,20H,9-11,13H2,1-2H3,(H,25,26). The van der Waals surface area contributed by atoms with Crippen molar-refractivity contribution >= 4 is 26.7 Å². The normalized spacial score (nSPS) is 22.1. The van der Waals surface area contributed by atoms with Crippen LogP contribution in [-0.4, -0.2) is 24.6 Å². The van der Waals surface area contributed by atoms with E-state index in [1.54, 1.807) is 48.8 Å². The number of hydrogen-bond donors (Lipinski definition) is 1. The number of pyridine rings is 1. The zero-order valence-electron chi connectivity index (χ0n) is 17.2. The van der Waals surface area contributed by atoms with Gasteiger partial charge in [-0.05, 0) is 60.9 Å². The highest BCUT2D eigenvalue weighted by molar-refractivity contribution is 7.92. The number of benzene rings is 1. The van der Waals surface area contributed by atoms with Crippen LogP contribution in [-0.2, 0) is 16.4 Å². The topological polar surface area (TPSA) is 89.3 Å². The molecule has 7 heteroatoms. The molecular formula is C23H26N2O4S. The Morgan fingerprint density at radius 2 is 1.80 bits per heavy atom. The Labute approximate surface area is 176 Å². The van der Waals surface area contributed by atoms with E-state index in [9.17, 15) is 13.2 Å². The molecule has 1 N–H and O–H groups in total. The maximum atomic E-state index is 13.0. The van der Waals surface area contributed by atoms with Crippen molar-refractivity contribution in [1.29, 1.82) is 0 Å². The minimum atomic E-state index is -3.34. The Hall–Kier alpha value is -2.67. The van der Waals surface area contributed by atoms with Crippen molar-refractivity contribution in [3.05, 3.63) is 60.1 Å². The van der Waals surface area contributed by atoms with Gasteiger partial charge in [0, 0.05) is 18.1 Å². The van der Waals surface area contributed by atoms with Crippen molar-refractivity contribution in [1.82, 2.24) is 10.3 Å². The van der Waals surface area contributed by atoms with E-state index in [0.717, 1.165) is 30.2 Å². The summed E-state index contributed by atoms with van der Waals surface area (Å²) in [4.78, 5) is 16.7. The summed E-state index contributed by atoms with van der Waals surface area (Å²) < 4.78 is 31.6. The smallest absolute Gasteiger partial charge is 0.287 e. The molecule has 4 rings (SSSR count). The Bertz CT molecular complexity index is 1110. The van der Waals surface area contributed by atoms with E-state index in [0.29, 0.717) is 22.3 Å². The summed E-state index contributed by atoms with van der Waals surface area (Å²) in [7, 11) is -3.34. The van der Waals surface area contributed by atoms with Gasteiger partial charge >= 0.3 is 0 Å². The van der Waals surface area contributed by atoms with Crippen LogP contribution in [0.15, 0.2) is 58.1 Å². The summed E-state index contributed by atoms with van der Waals surface area (Å²) in [5.41, 5.74) is 1.38. The van der Waals surface area contributed by atoms with Crippen LogP contribution in [0.3, 0.4) is 0 Å². The second kappa shape index (κ2) is 8.22. The highest BCUT2D eigenvalue weighted by atomic mass is 32.2. The Kier molecular flexibility index (Phi) is 5.64. The molecule has 1 amide bonds. The molecule has 0 saturated heterocycles. The zero-order valence-corrected chi connectivity index (χ0v) is 18.0. The molecule has 0 radical (unpaired) electrons. The molecule has 0 bridgehead atoms. The Balaban J connectivity index is 1.41. The Morgan fingerprint density at radius 3 is 2.47 bits per heavy atom. The van der Waals surface area contributed by atoms with Gasteiger partial charge in [0.2, 0.25) is 0 Å². The van der Waals surface area contributed by atoms with Crippen molar-refractivity contribution < 1.29 is 17.6 Å². The van der Waals surface area contributed by atoms with E-state index >= 15 is 0 Å². The number of fused-ring (bicyclic) bond motifs is 1. The lowest BCUT2D eigenvalue weighted by Crippen LogP contribution is -2.31. The first-order chi connectivity index (χ1) is 14.3. The maximum Gasteiger partial charge on any atom is 0.287 e. The van der Waals surface area contributed by atoms with E-state index in [1.807, 2.05) is 0 Å². The molecule has 1 fully saturated rings. The number of carbonyl (C=O) groups is 1. The summed E-state index contributed by atoms with van der Waals surface area (Å²) in [5.74, 6) is 0.750. The summed E-state index contributed by atoms with van der Waals surface area (Å²) in [6.45, 7) is 4.54. The van der Waals surface area contributed by atoms with Gasteiger partial charge in [0.15, 0.2) is 21.2 Å². The second-order valence-electron chi connectivity index (χ2n) is 8.44. The molecule has 2 heterocycles. The van der Waals surface area contributed by atoms with Gasteiger partial charge in [0.05, 0.1) is 16.3 Å². The number of nitrogens with zero attached hydrogens (tertiary/aromatic N) is 1. The van der Waals surface area contributed by atoms with Gasteiger partial charge in [0.25, 0.3) is 5.91 Å². The second-order valence-corrected chi connectivity index (χ2v) is 10.7. The molecule has 30 heavy (non-hydrogen) atoms. The predicted octanol–water partition coefficient (Wildman–Crippen LogP) is 4.36. The lowest BCUT2D eigenvalue weighted by molar-refractivity contribution is 0.0925. The summed E-state index contributed by atoms with van der Waals surface area (Å²) in [5, 5.41) is 3.31. The monoisotopic (exact) mass is 426 g/mol. The van der Waals surface area contributed by atoms with Gasteiger partial charge in [-0.15, -0.1) is 0 Å². The number of aromatic nitrogens is 1. The fourth-order valence-corrected chi connectivity index (χ4v) is 6.45. The van der Waals surface area contributed by atoms with Crippen LogP contribution in [0.1, 0.15) is 49.2 Å². The number of carbonyl (C=O) groups excluding carboxylic acids is 1. The first-order valence-electron chi connectivity index (χ1n) is 10.3. The molecule has 2 atom stereocenters. The fourth-order valence-electron chi connectivity index (χ4n) is 4.38. The average molecular weight is 427 g/mol. The van der Waals surface area contributed by atoms with E-state index in [2.05, 4.69) is 24.1 Å². The van der Waals surface area contributed by atoms with E-state index in [4.69, 9.17) is 4.42 Å². The van der Waals surface area contributed by atoms with Gasteiger partial charge in [0.1, 0.15) is 0 Å². The molecule has 1 aliphatic rings. The third-order valence-electron chi connectivity index (χ3n) is 5.83. The highest BCUT2D eigenvalue weighted by Gasteiger charge is 2.34. The number of sulfone groups is 1. The van der Waals surface area contributed by atoms with Crippen molar-refractivity contribution in [3.63, 3.8) is 0 Å². The largest absolute Gasteiger partial charge is 0.449 e. The van der Waals surface area contributed by atoms with Crippen LogP contribution in [0.25, 0.3) is 11.0 Å². The molecule has 1 aliphatic carbocycles. The number of hydrogen-bond acceptors (Lipinski definition) is 5. The van der Waals surface area contributed by atoms with E-state index < -0.39 is 9.84 Å². The van der Waals surface area contributed by atoms with Crippen LogP contribution in [0.2, 0.25) is 0 Å². The molecule has 2 aromatic heterocycles. The van der Waals surface area contributed by atoms with Gasteiger partial charge in [-0.1, -0.05) is 26.0 Å². The number of amides is 1. The molecule has 1 aromatic carbocycles. The van der Waals surface area contributed by atoms with Crippen molar-refractivity contribution in [2.24, 2.45) is 11.8 Å². The quantitative estimate of drug-likeness (QED) is 0.655. The minimum absolute atomic E-state index is 0.220. The van der Waals surface area contributed by atoms with Gasteiger partial charge < -0.3 is 9.73 Å². The average Bonchev–Trinajstić information content (AvgIpc) is 3.16. The van der Waals surface area contributed by atoms with E-state index in [-0.39, 0.29) is 23.5 Å². The molecule has 2 unspecified atom stereocenters. The number of nitrogens with one attached hydrogen (secondary N) is 1. The number of rotatable bonds is 5. The van der Waals surface area contributed by atoms with E-state index in [1.165, 1.54) is 0 Å². The predicted molar refractivity (Wildman–Crippen MR) is 115 cm³/mol. The summed E-state index contributed by atoms with van der Waals surface area (Å²) >= 11 is 0. The lowest BCUT2D eigenvalue weighted by Gasteiger charge is -2.31. The van der Waals surface area contributed by atoms with Crippen LogP contribution >= 0.6 is 0 Å². The third kappa shape index (κ3) is 4.26. The molecule has 158 valence electrons. The SMILES string of the molecule is CC1CC(C)CC(S(=O)(=O)c2ccc(CNC(=O)c3cc4ccncc4o3)cc2)C1. The Morgan fingerprint density at radius 1 is 1.10 bits per heavy atom. The van der Waals surface area contributed by atoms with Gasteiger partial charge in [-0.25, -0.2) is 8.42 Å². The molecule has 1 saturated carbocycles. The number of furan rings is 1. The highest BCUT2D eigenvalue weighted by Crippen LogP contribution is 2.35. The fraction of sp³-hybridized carbons (Fsp3) is 0.391. The molecule has 6 nitrogen and oxygen atoms in total. The first-order valence-corrected chi connectivity index (χ1v) is 11.8. The summed E-state index contributed by atoms with van der Waals surface area (Å²) in [6, 6.07) is 10.3. The van der Waals surface area contributed by atoms with Crippen LogP contribution < -0.4 is 5.32 Å². The molecule has 3 aromatic rings. The maximum absolute atomic E-state index is 13.0. The van der Waals surface area contributed by atoms with Crippen molar-refractivity contribution in [3.8, 4) is 0 Å². The zero-order chi connectivity index (χ0) is 21.3. The van der Waals surface area contributed by atoms with Crippen molar-refractivity contribution in [2.75, 3.05) is 0 Å². The minimum Gasteiger partial charge on any atom is -0.449 e. The lowest BCUT2D eigenvalue weighted by atomic mass is 9.83. The molecular weight excluding hydrogens is 400 g/mol. The third-order valence-corrected chi connectivity index (χ3v) is 8.02. The van der Waals surface area contributed by atoms with Crippen LogP contribution in [0.4, 0.5) is 0 Å².